The van der Waals surface area contributed by atoms with Crippen LogP contribution in [0.3, 0.4) is 0 Å². The second-order valence-electron chi connectivity index (χ2n) is 7.14. The van der Waals surface area contributed by atoms with Gasteiger partial charge >= 0.3 is 0 Å². The maximum Gasteiger partial charge on any atom is 0.0996 e. The van der Waals surface area contributed by atoms with Crippen LogP contribution in [0.2, 0.25) is 0 Å². The highest BCUT2D eigenvalue weighted by molar-refractivity contribution is 5.83. The van der Waals surface area contributed by atoms with Crippen molar-refractivity contribution in [1.82, 2.24) is 4.90 Å². The first kappa shape index (κ1) is 15.3. The minimum absolute atomic E-state index is 0.611. The molecule has 0 amide bonds. The standard InChI is InChI=1S/C18H32N2O/c1-3-7-16(8-4-1)15-18(20-11-13-21-14-12-20)19-17-9-5-2-6-10-17/h16-17H,1-15H2. The first-order valence-electron chi connectivity index (χ1n) is 9.31. The van der Waals surface area contributed by atoms with Gasteiger partial charge in [-0.05, 0) is 18.8 Å². The molecule has 3 nitrogen and oxygen atoms in total. The van der Waals surface area contributed by atoms with E-state index in [9.17, 15) is 0 Å². The summed E-state index contributed by atoms with van der Waals surface area (Å²) in [6, 6.07) is 0.611. The molecule has 3 rings (SSSR count). The van der Waals surface area contributed by atoms with Crippen molar-refractivity contribution in [2.24, 2.45) is 10.9 Å². The van der Waals surface area contributed by atoms with Gasteiger partial charge in [-0.15, -0.1) is 0 Å². The Morgan fingerprint density at radius 1 is 0.857 bits per heavy atom. The molecule has 1 aliphatic heterocycles. The second-order valence-corrected chi connectivity index (χ2v) is 7.14. The number of amidine groups is 1. The maximum atomic E-state index is 5.53. The zero-order valence-corrected chi connectivity index (χ0v) is 13.6. The average molecular weight is 292 g/mol. The number of nitrogens with zero attached hydrogens (tertiary/aromatic N) is 2. The van der Waals surface area contributed by atoms with Gasteiger partial charge in [-0.2, -0.15) is 0 Å². The van der Waals surface area contributed by atoms with Gasteiger partial charge in [0.25, 0.3) is 0 Å². The predicted octanol–water partition coefficient (Wildman–Crippen LogP) is 4.02. The zero-order chi connectivity index (χ0) is 14.3. The smallest absolute Gasteiger partial charge is 0.0996 e. The SMILES string of the molecule is C1CCC(CC(=NC2CCCCC2)N2CCOCC2)CC1. The molecule has 2 saturated carbocycles. The van der Waals surface area contributed by atoms with Crippen LogP contribution in [0.4, 0.5) is 0 Å². The first-order valence-corrected chi connectivity index (χ1v) is 9.31. The van der Waals surface area contributed by atoms with E-state index in [-0.39, 0.29) is 0 Å². The molecule has 0 aromatic carbocycles. The number of ether oxygens (including phenoxy) is 1. The molecule has 0 bridgehead atoms. The summed E-state index contributed by atoms with van der Waals surface area (Å²) in [5, 5.41) is 0. The molecule has 0 atom stereocenters. The molecule has 0 radical (unpaired) electrons. The molecule has 0 aromatic heterocycles. The van der Waals surface area contributed by atoms with Crippen molar-refractivity contribution >= 4 is 5.84 Å². The molecule has 1 saturated heterocycles. The second kappa shape index (κ2) is 8.17. The fraction of sp³-hybridized carbons (Fsp3) is 0.944. The Balaban J connectivity index is 1.64. The lowest BCUT2D eigenvalue weighted by Crippen LogP contribution is -2.42. The van der Waals surface area contributed by atoms with Crippen molar-refractivity contribution in [1.29, 1.82) is 0 Å². The minimum Gasteiger partial charge on any atom is -0.378 e. The topological polar surface area (TPSA) is 24.8 Å². The summed E-state index contributed by atoms with van der Waals surface area (Å²) in [6.07, 6.45) is 15.2. The van der Waals surface area contributed by atoms with Crippen LogP contribution in [0.25, 0.3) is 0 Å². The summed E-state index contributed by atoms with van der Waals surface area (Å²) < 4.78 is 5.53. The molecule has 1 heterocycles. The first-order chi connectivity index (χ1) is 10.4. The van der Waals surface area contributed by atoms with E-state index in [1.165, 1.54) is 76.5 Å². The van der Waals surface area contributed by atoms with Crippen LogP contribution in [0.5, 0.6) is 0 Å². The lowest BCUT2D eigenvalue weighted by Gasteiger charge is -2.34. The fourth-order valence-electron chi connectivity index (χ4n) is 4.16. The summed E-state index contributed by atoms with van der Waals surface area (Å²) in [5.41, 5.74) is 0. The number of hydrogen-bond acceptors (Lipinski definition) is 2. The Labute approximate surface area is 130 Å². The van der Waals surface area contributed by atoms with Crippen LogP contribution in [0.15, 0.2) is 4.99 Å². The molecule has 0 aromatic rings. The van der Waals surface area contributed by atoms with E-state index in [4.69, 9.17) is 9.73 Å². The van der Waals surface area contributed by atoms with Crippen molar-refractivity contribution in [3.8, 4) is 0 Å². The van der Waals surface area contributed by atoms with Crippen LogP contribution in [0.1, 0.15) is 70.6 Å². The highest BCUT2D eigenvalue weighted by atomic mass is 16.5. The summed E-state index contributed by atoms with van der Waals surface area (Å²) in [7, 11) is 0. The molecule has 3 heteroatoms. The third kappa shape index (κ3) is 4.70. The molecule has 120 valence electrons. The Hall–Kier alpha value is -0.570. The largest absolute Gasteiger partial charge is 0.378 e. The quantitative estimate of drug-likeness (QED) is 0.580. The van der Waals surface area contributed by atoms with Crippen LogP contribution in [-0.2, 0) is 4.74 Å². The Bertz CT molecular complexity index is 324. The van der Waals surface area contributed by atoms with Gasteiger partial charge in [-0.3, -0.25) is 4.99 Å². The highest BCUT2D eigenvalue weighted by Gasteiger charge is 2.23. The lowest BCUT2D eigenvalue weighted by atomic mass is 9.86. The van der Waals surface area contributed by atoms with E-state index >= 15 is 0 Å². The monoisotopic (exact) mass is 292 g/mol. The van der Waals surface area contributed by atoms with Gasteiger partial charge in [0.05, 0.1) is 25.1 Å². The van der Waals surface area contributed by atoms with Crippen LogP contribution >= 0.6 is 0 Å². The van der Waals surface area contributed by atoms with E-state index in [1.54, 1.807) is 0 Å². The number of aliphatic imine (C=N–C) groups is 1. The van der Waals surface area contributed by atoms with E-state index in [0.717, 1.165) is 32.2 Å². The van der Waals surface area contributed by atoms with Gasteiger partial charge in [0.15, 0.2) is 0 Å². The van der Waals surface area contributed by atoms with Gasteiger partial charge < -0.3 is 9.64 Å². The van der Waals surface area contributed by atoms with Gasteiger partial charge in [-0.1, -0.05) is 51.4 Å². The molecule has 0 spiro atoms. The summed E-state index contributed by atoms with van der Waals surface area (Å²) in [6.45, 7) is 3.87. The highest BCUT2D eigenvalue weighted by Crippen LogP contribution is 2.28. The van der Waals surface area contributed by atoms with Crippen molar-refractivity contribution in [3.63, 3.8) is 0 Å². The average Bonchev–Trinajstić information content (AvgIpc) is 2.57. The Morgan fingerprint density at radius 3 is 2.14 bits per heavy atom. The molecule has 2 aliphatic carbocycles. The minimum atomic E-state index is 0.611. The van der Waals surface area contributed by atoms with Crippen molar-refractivity contribution in [2.45, 2.75) is 76.7 Å². The predicted molar refractivity (Wildman–Crippen MR) is 87.9 cm³/mol. The molecule has 3 aliphatic rings. The van der Waals surface area contributed by atoms with Crippen LogP contribution in [0, 0.1) is 5.92 Å². The molecular weight excluding hydrogens is 260 g/mol. The molecule has 3 fully saturated rings. The molecule has 21 heavy (non-hydrogen) atoms. The third-order valence-electron chi connectivity index (χ3n) is 5.48. The number of hydrogen-bond donors (Lipinski definition) is 0. The zero-order valence-electron chi connectivity index (χ0n) is 13.6. The van der Waals surface area contributed by atoms with Crippen LogP contribution in [-0.4, -0.2) is 43.1 Å². The fourth-order valence-corrected chi connectivity index (χ4v) is 4.16. The van der Waals surface area contributed by atoms with Crippen molar-refractivity contribution in [2.75, 3.05) is 26.3 Å². The Kier molecular flexibility index (Phi) is 5.96. The van der Waals surface area contributed by atoms with Gasteiger partial charge in [0, 0.05) is 19.5 Å². The van der Waals surface area contributed by atoms with E-state index in [1.807, 2.05) is 0 Å². The van der Waals surface area contributed by atoms with E-state index < -0.39 is 0 Å². The summed E-state index contributed by atoms with van der Waals surface area (Å²) in [4.78, 5) is 7.77. The van der Waals surface area contributed by atoms with E-state index in [2.05, 4.69) is 4.90 Å². The molecule has 0 N–H and O–H groups in total. The maximum absolute atomic E-state index is 5.53. The third-order valence-corrected chi connectivity index (χ3v) is 5.48. The van der Waals surface area contributed by atoms with E-state index in [0.29, 0.717) is 6.04 Å². The Morgan fingerprint density at radius 2 is 1.48 bits per heavy atom. The summed E-state index contributed by atoms with van der Waals surface area (Å²) in [5.74, 6) is 2.32. The van der Waals surface area contributed by atoms with Crippen LogP contribution < -0.4 is 0 Å². The van der Waals surface area contributed by atoms with Gasteiger partial charge in [-0.25, -0.2) is 0 Å². The summed E-state index contributed by atoms with van der Waals surface area (Å²) >= 11 is 0. The van der Waals surface area contributed by atoms with Gasteiger partial charge in [0.1, 0.15) is 0 Å². The van der Waals surface area contributed by atoms with Crippen molar-refractivity contribution < 1.29 is 4.74 Å². The molecular formula is C18H32N2O. The number of rotatable bonds is 3. The normalized spacial score (nSPS) is 27.0. The lowest BCUT2D eigenvalue weighted by molar-refractivity contribution is 0.0662. The van der Waals surface area contributed by atoms with Crippen molar-refractivity contribution in [3.05, 3.63) is 0 Å². The molecule has 0 unspecified atom stereocenters. The van der Waals surface area contributed by atoms with Gasteiger partial charge in [0.2, 0.25) is 0 Å². The number of morpholine rings is 1.